The molecule has 0 atom stereocenters. The first kappa shape index (κ1) is 24.1. The molecular formula is C25H28N2O5S. The lowest BCUT2D eigenvalue weighted by Crippen LogP contribution is -2.25. The zero-order valence-electron chi connectivity index (χ0n) is 19.1. The van der Waals surface area contributed by atoms with Crippen LogP contribution in [0.25, 0.3) is 0 Å². The summed E-state index contributed by atoms with van der Waals surface area (Å²) in [7, 11) is -0.603. The highest BCUT2D eigenvalue weighted by atomic mass is 32.2. The number of hydrogen-bond acceptors (Lipinski definition) is 5. The van der Waals surface area contributed by atoms with E-state index >= 15 is 0 Å². The molecule has 0 saturated carbocycles. The minimum Gasteiger partial charge on any atom is -0.493 e. The van der Waals surface area contributed by atoms with E-state index in [9.17, 15) is 13.2 Å². The van der Waals surface area contributed by atoms with E-state index in [-0.39, 0.29) is 10.8 Å². The van der Waals surface area contributed by atoms with Crippen molar-refractivity contribution in [1.82, 2.24) is 5.32 Å². The number of ether oxygens (including phenoxy) is 2. The lowest BCUT2D eigenvalue weighted by molar-refractivity contribution is 0.0954. The number of aryl methyl sites for hydroxylation is 2. The SMILES string of the molecule is COc1ccc(CCNC(=O)c2ccc(S(=O)(=O)Nc3ccc(C)c(C)c3)cc2)cc1OC. The van der Waals surface area contributed by atoms with Crippen LogP contribution >= 0.6 is 0 Å². The molecule has 0 bridgehead atoms. The summed E-state index contributed by atoms with van der Waals surface area (Å²) in [5.74, 6) is 1.00. The van der Waals surface area contributed by atoms with E-state index in [0.29, 0.717) is 35.7 Å². The van der Waals surface area contributed by atoms with Gasteiger partial charge in [0.05, 0.1) is 19.1 Å². The van der Waals surface area contributed by atoms with Gasteiger partial charge in [0.15, 0.2) is 11.5 Å². The molecule has 0 aliphatic heterocycles. The number of benzene rings is 3. The Labute approximate surface area is 194 Å². The molecule has 0 aromatic heterocycles. The third-order valence-corrected chi connectivity index (χ3v) is 6.73. The van der Waals surface area contributed by atoms with Crippen LogP contribution in [0.2, 0.25) is 0 Å². The second kappa shape index (κ2) is 10.4. The summed E-state index contributed by atoms with van der Waals surface area (Å²) in [5, 5.41) is 2.85. The molecule has 174 valence electrons. The molecule has 0 fully saturated rings. The molecule has 0 saturated heterocycles. The molecule has 1 amide bonds. The van der Waals surface area contributed by atoms with Crippen molar-refractivity contribution in [3.8, 4) is 11.5 Å². The van der Waals surface area contributed by atoms with Crippen molar-refractivity contribution in [3.63, 3.8) is 0 Å². The van der Waals surface area contributed by atoms with Crippen LogP contribution in [-0.4, -0.2) is 35.1 Å². The van der Waals surface area contributed by atoms with Crippen LogP contribution in [0.1, 0.15) is 27.0 Å². The number of amides is 1. The van der Waals surface area contributed by atoms with E-state index in [1.807, 2.05) is 38.1 Å². The molecule has 7 nitrogen and oxygen atoms in total. The molecule has 3 rings (SSSR count). The first-order chi connectivity index (χ1) is 15.7. The van der Waals surface area contributed by atoms with Crippen LogP contribution in [0, 0.1) is 13.8 Å². The number of carbonyl (C=O) groups excluding carboxylic acids is 1. The standard InChI is InChI=1S/C25H28N2O5S/c1-17-5-9-21(15-18(17)2)27-33(29,30)22-10-7-20(8-11-22)25(28)26-14-13-19-6-12-23(31-3)24(16-19)32-4/h5-12,15-16,27H,13-14H2,1-4H3,(H,26,28). The first-order valence-corrected chi connectivity index (χ1v) is 11.9. The van der Waals surface area contributed by atoms with Crippen LogP contribution in [-0.2, 0) is 16.4 Å². The second-order valence-electron chi connectivity index (χ2n) is 7.62. The van der Waals surface area contributed by atoms with Gasteiger partial charge in [0.2, 0.25) is 0 Å². The topological polar surface area (TPSA) is 93.7 Å². The Morgan fingerprint density at radius 1 is 0.848 bits per heavy atom. The van der Waals surface area contributed by atoms with Gasteiger partial charge in [0.1, 0.15) is 0 Å². The van der Waals surface area contributed by atoms with E-state index in [4.69, 9.17) is 9.47 Å². The normalized spacial score (nSPS) is 11.0. The molecule has 0 aliphatic carbocycles. The molecule has 0 spiro atoms. The highest BCUT2D eigenvalue weighted by molar-refractivity contribution is 7.92. The summed E-state index contributed by atoms with van der Waals surface area (Å²) in [4.78, 5) is 12.5. The summed E-state index contributed by atoms with van der Waals surface area (Å²) >= 11 is 0. The van der Waals surface area contributed by atoms with E-state index in [1.54, 1.807) is 26.4 Å². The van der Waals surface area contributed by atoms with Gasteiger partial charge in [-0.05, 0) is 85.5 Å². The summed E-state index contributed by atoms with van der Waals surface area (Å²) in [6, 6.07) is 16.8. The molecule has 0 aliphatic rings. The van der Waals surface area contributed by atoms with E-state index in [2.05, 4.69) is 10.0 Å². The lowest BCUT2D eigenvalue weighted by Gasteiger charge is -2.11. The van der Waals surface area contributed by atoms with Crippen LogP contribution in [0.5, 0.6) is 11.5 Å². The third kappa shape index (κ3) is 6.04. The third-order valence-electron chi connectivity index (χ3n) is 5.33. The monoisotopic (exact) mass is 468 g/mol. The largest absolute Gasteiger partial charge is 0.493 e. The first-order valence-electron chi connectivity index (χ1n) is 10.4. The van der Waals surface area contributed by atoms with Gasteiger partial charge in [-0.15, -0.1) is 0 Å². The molecule has 3 aromatic carbocycles. The second-order valence-corrected chi connectivity index (χ2v) is 9.31. The number of methoxy groups -OCH3 is 2. The lowest BCUT2D eigenvalue weighted by atomic mass is 10.1. The van der Waals surface area contributed by atoms with Crippen LogP contribution in [0.4, 0.5) is 5.69 Å². The van der Waals surface area contributed by atoms with Gasteiger partial charge in [0, 0.05) is 17.8 Å². The molecule has 3 aromatic rings. The Hall–Kier alpha value is -3.52. The minimum atomic E-state index is -3.75. The van der Waals surface area contributed by atoms with Crippen LogP contribution < -0.4 is 19.5 Å². The van der Waals surface area contributed by atoms with E-state index < -0.39 is 10.0 Å². The van der Waals surface area contributed by atoms with Crippen molar-refractivity contribution in [2.45, 2.75) is 25.2 Å². The van der Waals surface area contributed by atoms with Gasteiger partial charge in [-0.1, -0.05) is 12.1 Å². The fourth-order valence-electron chi connectivity index (χ4n) is 3.26. The van der Waals surface area contributed by atoms with Crippen molar-refractivity contribution in [1.29, 1.82) is 0 Å². The number of nitrogens with one attached hydrogen (secondary N) is 2. The number of anilines is 1. The Kier molecular flexibility index (Phi) is 7.60. The number of rotatable bonds is 9. The predicted octanol–water partition coefficient (Wildman–Crippen LogP) is 4.09. The number of sulfonamides is 1. The quantitative estimate of drug-likeness (QED) is 0.493. The molecular weight excluding hydrogens is 440 g/mol. The molecule has 0 radical (unpaired) electrons. The van der Waals surface area contributed by atoms with Gasteiger partial charge < -0.3 is 14.8 Å². The summed E-state index contributed by atoms with van der Waals surface area (Å²) in [6.07, 6.45) is 0.610. The Bertz CT molecular complexity index is 1240. The maximum absolute atomic E-state index is 12.7. The molecule has 2 N–H and O–H groups in total. The predicted molar refractivity (Wildman–Crippen MR) is 129 cm³/mol. The zero-order valence-corrected chi connectivity index (χ0v) is 20.0. The fraction of sp³-hybridized carbons (Fsp3) is 0.240. The maximum atomic E-state index is 12.7. The average molecular weight is 469 g/mol. The van der Waals surface area contributed by atoms with Crippen LogP contribution in [0.15, 0.2) is 65.6 Å². The summed E-state index contributed by atoms with van der Waals surface area (Å²) in [6.45, 7) is 4.31. The van der Waals surface area contributed by atoms with Crippen molar-refractivity contribution in [2.24, 2.45) is 0 Å². The minimum absolute atomic E-state index is 0.0857. The van der Waals surface area contributed by atoms with Crippen molar-refractivity contribution in [2.75, 3.05) is 25.5 Å². The maximum Gasteiger partial charge on any atom is 0.261 e. The van der Waals surface area contributed by atoms with Gasteiger partial charge in [-0.3, -0.25) is 9.52 Å². The molecule has 0 heterocycles. The highest BCUT2D eigenvalue weighted by Crippen LogP contribution is 2.27. The average Bonchev–Trinajstić information content (AvgIpc) is 2.81. The zero-order chi connectivity index (χ0) is 24.0. The van der Waals surface area contributed by atoms with Crippen LogP contribution in [0.3, 0.4) is 0 Å². The highest BCUT2D eigenvalue weighted by Gasteiger charge is 2.16. The number of carbonyl (C=O) groups is 1. The Morgan fingerprint density at radius 3 is 2.18 bits per heavy atom. The van der Waals surface area contributed by atoms with E-state index in [0.717, 1.165) is 16.7 Å². The molecule has 0 unspecified atom stereocenters. The summed E-state index contributed by atoms with van der Waals surface area (Å²) < 4.78 is 38.4. The number of hydrogen-bond donors (Lipinski definition) is 2. The fourth-order valence-corrected chi connectivity index (χ4v) is 4.31. The van der Waals surface area contributed by atoms with E-state index in [1.165, 1.54) is 24.3 Å². The van der Waals surface area contributed by atoms with Gasteiger partial charge in [0.25, 0.3) is 15.9 Å². The smallest absolute Gasteiger partial charge is 0.261 e. The Morgan fingerprint density at radius 2 is 1.55 bits per heavy atom. The van der Waals surface area contributed by atoms with Crippen molar-refractivity contribution in [3.05, 3.63) is 82.9 Å². The summed E-state index contributed by atoms with van der Waals surface area (Å²) in [5.41, 5.74) is 3.95. The molecule has 33 heavy (non-hydrogen) atoms. The van der Waals surface area contributed by atoms with Gasteiger partial charge >= 0.3 is 0 Å². The van der Waals surface area contributed by atoms with Crippen molar-refractivity contribution >= 4 is 21.6 Å². The molecule has 8 heteroatoms. The van der Waals surface area contributed by atoms with Crippen molar-refractivity contribution < 1.29 is 22.7 Å². The van der Waals surface area contributed by atoms with Gasteiger partial charge in [-0.2, -0.15) is 0 Å². The Balaban J connectivity index is 1.60. The van der Waals surface area contributed by atoms with Gasteiger partial charge in [-0.25, -0.2) is 8.42 Å².